The SMILES string of the molecule is CC1=CC(C)(CC(=O)O)NN1C(=N)N. The molecule has 0 aromatic carbocycles. The van der Waals surface area contributed by atoms with Gasteiger partial charge in [-0.3, -0.25) is 15.2 Å². The van der Waals surface area contributed by atoms with E-state index in [9.17, 15) is 4.79 Å². The zero-order valence-electron chi connectivity index (χ0n) is 8.16. The Bertz CT molecular complexity index is 312. The minimum Gasteiger partial charge on any atom is -0.481 e. The number of hydrazine groups is 1. The number of hydrogen-bond acceptors (Lipinski definition) is 3. The number of aliphatic carboxylic acids is 1. The Morgan fingerprint density at radius 2 is 2.43 bits per heavy atom. The normalized spacial score (nSPS) is 26.1. The molecule has 0 bridgehead atoms. The van der Waals surface area contributed by atoms with Crippen LogP contribution in [0.3, 0.4) is 0 Å². The van der Waals surface area contributed by atoms with E-state index >= 15 is 0 Å². The predicted octanol–water partition coefficient (Wildman–Crippen LogP) is -0.163. The van der Waals surface area contributed by atoms with E-state index in [-0.39, 0.29) is 12.4 Å². The molecule has 0 aliphatic carbocycles. The van der Waals surface area contributed by atoms with Crippen molar-refractivity contribution in [3.63, 3.8) is 0 Å². The lowest BCUT2D eigenvalue weighted by Crippen LogP contribution is -2.50. The Morgan fingerprint density at radius 3 is 2.79 bits per heavy atom. The topological polar surface area (TPSA) is 102 Å². The molecule has 0 spiro atoms. The number of hydrogen-bond donors (Lipinski definition) is 4. The maximum Gasteiger partial charge on any atom is 0.305 e. The van der Waals surface area contributed by atoms with Gasteiger partial charge in [-0.2, -0.15) is 0 Å². The zero-order valence-corrected chi connectivity index (χ0v) is 8.16. The van der Waals surface area contributed by atoms with Crippen LogP contribution in [-0.4, -0.2) is 27.6 Å². The van der Waals surface area contributed by atoms with Crippen LogP contribution in [0, 0.1) is 5.41 Å². The number of guanidine groups is 1. The summed E-state index contributed by atoms with van der Waals surface area (Å²) in [6.45, 7) is 3.51. The molecule has 0 radical (unpaired) electrons. The Hall–Kier alpha value is -1.56. The maximum atomic E-state index is 10.6. The molecule has 0 saturated heterocycles. The Kier molecular flexibility index (Phi) is 2.48. The number of nitrogens with zero attached hydrogens (tertiary/aromatic N) is 1. The average molecular weight is 198 g/mol. The first-order chi connectivity index (χ1) is 6.34. The molecule has 1 rings (SSSR count). The number of carboxylic acid groups (broad SMARTS) is 1. The van der Waals surface area contributed by atoms with Gasteiger partial charge in [0.2, 0.25) is 5.96 Å². The third kappa shape index (κ3) is 2.02. The number of allylic oxidation sites excluding steroid dienone is 1. The third-order valence-corrected chi connectivity index (χ3v) is 2.01. The van der Waals surface area contributed by atoms with Gasteiger partial charge in [-0.05, 0) is 19.9 Å². The second-order valence-corrected chi connectivity index (χ2v) is 3.61. The van der Waals surface area contributed by atoms with Crippen LogP contribution < -0.4 is 11.2 Å². The van der Waals surface area contributed by atoms with Gasteiger partial charge >= 0.3 is 5.97 Å². The van der Waals surface area contributed by atoms with E-state index < -0.39 is 11.5 Å². The van der Waals surface area contributed by atoms with Crippen LogP contribution in [0.5, 0.6) is 0 Å². The summed E-state index contributed by atoms with van der Waals surface area (Å²) in [4.78, 5) is 10.6. The van der Waals surface area contributed by atoms with E-state index in [2.05, 4.69) is 5.43 Å². The fraction of sp³-hybridized carbons (Fsp3) is 0.500. The molecular weight excluding hydrogens is 184 g/mol. The monoisotopic (exact) mass is 198 g/mol. The highest BCUT2D eigenvalue weighted by atomic mass is 16.4. The number of carboxylic acids is 1. The van der Waals surface area contributed by atoms with Crippen LogP contribution in [0.15, 0.2) is 11.8 Å². The smallest absolute Gasteiger partial charge is 0.305 e. The van der Waals surface area contributed by atoms with Gasteiger partial charge < -0.3 is 10.8 Å². The van der Waals surface area contributed by atoms with Crippen LogP contribution in [0.4, 0.5) is 0 Å². The number of nitrogens with one attached hydrogen (secondary N) is 2. The summed E-state index contributed by atoms with van der Waals surface area (Å²) in [6, 6.07) is 0. The molecule has 6 nitrogen and oxygen atoms in total. The number of rotatable bonds is 2. The second kappa shape index (κ2) is 3.30. The van der Waals surface area contributed by atoms with Crippen LogP contribution in [-0.2, 0) is 4.79 Å². The zero-order chi connectivity index (χ0) is 10.9. The van der Waals surface area contributed by atoms with Crippen LogP contribution in [0.25, 0.3) is 0 Å². The van der Waals surface area contributed by atoms with Gasteiger partial charge in [0.25, 0.3) is 0 Å². The standard InChI is InChI=1S/C8H14N4O2/c1-5-3-8(2,4-6(13)14)11-12(5)7(9)10/h3,11H,4H2,1-2H3,(H3,9,10)(H,13,14). The molecule has 78 valence electrons. The molecule has 0 aromatic rings. The molecule has 1 atom stereocenters. The summed E-state index contributed by atoms with van der Waals surface area (Å²) in [5.41, 5.74) is 8.23. The van der Waals surface area contributed by atoms with E-state index in [1.807, 2.05) is 0 Å². The van der Waals surface area contributed by atoms with Crippen molar-refractivity contribution in [3.05, 3.63) is 11.8 Å². The van der Waals surface area contributed by atoms with Crippen molar-refractivity contribution in [3.8, 4) is 0 Å². The largest absolute Gasteiger partial charge is 0.481 e. The Labute approximate surface area is 81.9 Å². The first-order valence-corrected chi connectivity index (χ1v) is 4.17. The van der Waals surface area contributed by atoms with Crippen molar-refractivity contribution in [2.45, 2.75) is 25.8 Å². The molecule has 0 fully saturated rings. The lowest BCUT2D eigenvalue weighted by Gasteiger charge is -2.25. The molecule has 0 amide bonds. The van der Waals surface area contributed by atoms with Crippen LogP contribution in [0.2, 0.25) is 0 Å². The predicted molar refractivity (Wildman–Crippen MR) is 51.3 cm³/mol. The van der Waals surface area contributed by atoms with Crippen molar-refractivity contribution < 1.29 is 9.90 Å². The van der Waals surface area contributed by atoms with Crippen LogP contribution in [0.1, 0.15) is 20.3 Å². The lowest BCUT2D eigenvalue weighted by atomic mass is 9.99. The van der Waals surface area contributed by atoms with E-state index in [1.54, 1.807) is 19.9 Å². The molecule has 6 heteroatoms. The minimum absolute atomic E-state index is 0.0475. The molecule has 0 saturated carbocycles. The van der Waals surface area contributed by atoms with E-state index in [4.69, 9.17) is 16.2 Å². The summed E-state index contributed by atoms with van der Waals surface area (Å²) < 4.78 is 0. The maximum absolute atomic E-state index is 10.6. The summed E-state index contributed by atoms with van der Waals surface area (Å²) in [7, 11) is 0. The van der Waals surface area contributed by atoms with Gasteiger partial charge in [0.15, 0.2) is 0 Å². The van der Waals surface area contributed by atoms with E-state index in [0.29, 0.717) is 0 Å². The lowest BCUT2D eigenvalue weighted by molar-refractivity contribution is -0.138. The minimum atomic E-state index is -0.894. The summed E-state index contributed by atoms with van der Waals surface area (Å²) in [6.07, 6.45) is 1.70. The first-order valence-electron chi connectivity index (χ1n) is 4.17. The van der Waals surface area contributed by atoms with Gasteiger partial charge in [0, 0.05) is 5.70 Å². The first kappa shape index (κ1) is 10.5. The second-order valence-electron chi connectivity index (χ2n) is 3.61. The molecule has 1 aliphatic rings. The molecule has 1 heterocycles. The number of nitrogens with two attached hydrogens (primary N) is 1. The highest BCUT2D eigenvalue weighted by Gasteiger charge is 2.34. The summed E-state index contributed by atoms with van der Waals surface area (Å²) in [5.74, 6) is -1.04. The van der Waals surface area contributed by atoms with Crippen molar-refractivity contribution in [2.75, 3.05) is 0 Å². The van der Waals surface area contributed by atoms with E-state index in [1.165, 1.54) is 5.01 Å². The average Bonchev–Trinajstić information content (AvgIpc) is 2.24. The molecule has 1 aliphatic heterocycles. The molecule has 0 aromatic heterocycles. The Morgan fingerprint density at radius 1 is 1.86 bits per heavy atom. The fourth-order valence-electron chi connectivity index (χ4n) is 1.56. The van der Waals surface area contributed by atoms with Gasteiger partial charge in [0.1, 0.15) is 0 Å². The number of carbonyl (C=O) groups is 1. The summed E-state index contributed by atoms with van der Waals surface area (Å²) in [5, 5.41) is 17.3. The molecule has 14 heavy (non-hydrogen) atoms. The molecular formula is C8H14N4O2. The van der Waals surface area contributed by atoms with E-state index in [0.717, 1.165) is 5.70 Å². The van der Waals surface area contributed by atoms with Gasteiger partial charge in [-0.25, -0.2) is 5.43 Å². The van der Waals surface area contributed by atoms with Gasteiger partial charge in [-0.15, -0.1) is 0 Å². The van der Waals surface area contributed by atoms with Crippen molar-refractivity contribution in [2.24, 2.45) is 5.73 Å². The van der Waals surface area contributed by atoms with Crippen molar-refractivity contribution >= 4 is 11.9 Å². The van der Waals surface area contributed by atoms with Gasteiger partial charge in [-0.1, -0.05) is 0 Å². The third-order valence-electron chi connectivity index (χ3n) is 2.01. The van der Waals surface area contributed by atoms with Crippen molar-refractivity contribution in [1.82, 2.24) is 10.4 Å². The highest BCUT2D eigenvalue weighted by molar-refractivity contribution is 5.77. The van der Waals surface area contributed by atoms with Gasteiger partial charge in [0.05, 0.1) is 12.0 Å². The Balaban J connectivity index is 2.80. The summed E-state index contributed by atoms with van der Waals surface area (Å²) >= 11 is 0. The quantitative estimate of drug-likeness (QED) is 0.364. The fourth-order valence-corrected chi connectivity index (χ4v) is 1.56. The molecule has 5 N–H and O–H groups in total. The molecule has 1 unspecified atom stereocenters. The van der Waals surface area contributed by atoms with Crippen LogP contribution >= 0.6 is 0 Å². The highest BCUT2D eigenvalue weighted by Crippen LogP contribution is 2.23. The van der Waals surface area contributed by atoms with Crippen molar-refractivity contribution in [1.29, 1.82) is 5.41 Å².